The quantitative estimate of drug-likeness (QED) is 0.677. The molecule has 0 fully saturated rings. The van der Waals surface area contributed by atoms with E-state index in [2.05, 4.69) is 5.16 Å². The summed E-state index contributed by atoms with van der Waals surface area (Å²) >= 11 is 0. The van der Waals surface area contributed by atoms with Crippen LogP contribution in [0.4, 0.5) is 4.39 Å². The highest BCUT2D eigenvalue weighted by Crippen LogP contribution is 2.18. The molecule has 0 N–H and O–H groups in total. The first-order chi connectivity index (χ1) is 8.22. The number of nitrogens with zero attached hydrogens (tertiary/aromatic N) is 2. The summed E-state index contributed by atoms with van der Waals surface area (Å²) in [5.41, 5.74) is 1.85. The van der Waals surface area contributed by atoms with Gasteiger partial charge >= 0.3 is 0 Å². The van der Waals surface area contributed by atoms with Crippen molar-refractivity contribution in [2.24, 2.45) is 0 Å². The van der Waals surface area contributed by atoms with Crippen molar-refractivity contribution in [2.45, 2.75) is 13.5 Å². The highest BCUT2D eigenvalue weighted by Gasteiger charge is 2.05. The fourth-order valence-corrected chi connectivity index (χ4v) is 1.97. The molecule has 0 bridgehead atoms. The smallest absolute Gasteiger partial charge is 0.156 e. The van der Waals surface area contributed by atoms with Crippen molar-refractivity contribution in [3.8, 4) is 0 Å². The van der Waals surface area contributed by atoms with Gasteiger partial charge in [0.2, 0.25) is 0 Å². The van der Waals surface area contributed by atoms with Gasteiger partial charge in [-0.1, -0.05) is 5.16 Å². The van der Waals surface area contributed by atoms with E-state index in [0.717, 1.165) is 22.4 Å². The van der Waals surface area contributed by atoms with E-state index in [-0.39, 0.29) is 5.82 Å². The Morgan fingerprint density at radius 2 is 2.18 bits per heavy atom. The van der Waals surface area contributed by atoms with E-state index in [9.17, 15) is 4.39 Å². The molecule has 0 saturated heterocycles. The number of halogens is 1. The van der Waals surface area contributed by atoms with Gasteiger partial charge in [-0.3, -0.25) is 0 Å². The van der Waals surface area contributed by atoms with Crippen molar-refractivity contribution in [3.63, 3.8) is 0 Å². The molecule has 2 aromatic heterocycles. The maximum Gasteiger partial charge on any atom is 0.156 e. The minimum Gasteiger partial charge on any atom is -0.359 e. The average Bonchev–Trinajstić information content (AvgIpc) is 2.86. The van der Waals surface area contributed by atoms with Crippen molar-refractivity contribution in [3.05, 3.63) is 53.8 Å². The SMILES string of the molecule is Cc1cc(Cn2ccc3cc(F)ccc32)on1. The maximum absolute atomic E-state index is 13.0. The highest BCUT2D eigenvalue weighted by atomic mass is 19.1. The van der Waals surface area contributed by atoms with Gasteiger partial charge in [-0.25, -0.2) is 4.39 Å². The van der Waals surface area contributed by atoms with E-state index in [4.69, 9.17) is 4.52 Å². The lowest BCUT2D eigenvalue weighted by atomic mass is 10.2. The van der Waals surface area contributed by atoms with Crippen LogP contribution in [-0.4, -0.2) is 9.72 Å². The minimum absolute atomic E-state index is 0.217. The molecule has 3 nitrogen and oxygen atoms in total. The zero-order chi connectivity index (χ0) is 11.8. The van der Waals surface area contributed by atoms with Crippen LogP contribution in [0.15, 0.2) is 41.1 Å². The van der Waals surface area contributed by atoms with E-state index >= 15 is 0 Å². The molecule has 3 rings (SSSR count). The second kappa shape index (κ2) is 3.73. The number of fused-ring (bicyclic) bond motifs is 1. The standard InChI is InChI=1S/C13H11FN2O/c1-9-6-12(17-15-9)8-16-5-4-10-7-11(14)2-3-13(10)16/h2-7H,8H2,1H3. The number of aromatic nitrogens is 2. The summed E-state index contributed by atoms with van der Waals surface area (Å²) in [5.74, 6) is 0.579. The second-order valence-electron chi connectivity index (χ2n) is 4.08. The predicted molar refractivity (Wildman–Crippen MR) is 62.2 cm³/mol. The average molecular weight is 230 g/mol. The Labute approximate surface area is 97.5 Å². The summed E-state index contributed by atoms with van der Waals surface area (Å²) in [6, 6.07) is 8.55. The maximum atomic E-state index is 13.0. The topological polar surface area (TPSA) is 31.0 Å². The van der Waals surface area contributed by atoms with E-state index in [1.165, 1.54) is 12.1 Å². The summed E-state index contributed by atoms with van der Waals surface area (Å²) in [7, 11) is 0. The highest BCUT2D eigenvalue weighted by molar-refractivity contribution is 5.80. The molecule has 4 heteroatoms. The Bertz CT molecular complexity index is 669. The monoisotopic (exact) mass is 230 g/mol. The van der Waals surface area contributed by atoms with Crippen molar-refractivity contribution in [2.75, 3.05) is 0 Å². The van der Waals surface area contributed by atoms with E-state index in [1.54, 1.807) is 6.07 Å². The van der Waals surface area contributed by atoms with Crippen LogP contribution in [0.2, 0.25) is 0 Å². The summed E-state index contributed by atoms with van der Waals surface area (Å²) in [6.07, 6.45) is 1.92. The van der Waals surface area contributed by atoms with Gasteiger partial charge in [0.25, 0.3) is 0 Å². The molecule has 17 heavy (non-hydrogen) atoms. The fraction of sp³-hybridized carbons (Fsp3) is 0.154. The van der Waals surface area contributed by atoms with Gasteiger partial charge in [-0.15, -0.1) is 0 Å². The van der Waals surface area contributed by atoms with Gasteiger partial charge in [-0.05, 0) is 31.2 Å². The van der Waals surface area contributed by atoms with Gasteiger partial charge in [-0.2, -0.15) is 0 Å². The Morgan fingerprint density at radius 1 is 1.29 bits per heavy atom. The zero-order valence-corrected chi connectivity index (χ0v) is 9.35. The van der Waals surface area contributed by atoms with Crippen LogP contribution >= 0.6 is 0 Å². The van der Waals surface area contributed by atoms with Crippen LogP contribution in [-0.2, 0) is 6.54 Å². The lowest BCUT2D eigenvalue weighted by molar-refractivity contribution is 0.374. The number of benzene rings is 1. The lowest BCUT2D eigenvalue weighted by Gasteiger charge is -2.01. The summed E-state index contributed by atoms with van der Waals surface area (Å²) in [5, 5.41) is 4.73. The van der Waals surface area contributed by atoms with Crippen LogP contribution in [0.5, 0.6) is 0 Å². The third kappa shape index (κ3) is 1.82. The molecule has 0 saturated carbocycles. The van der Waals surface area contributed by atoms with Crippen molar-refractivity contribution < 1.29 is 8.91 Å². The van der Waals surface area contributed by atoms with Gasteiger partial charge in [0.1, 0.15) is 5.82 Å². The van der Waals surface area contributed by atoms with Crippen LogP contribution in [0.3, 0.4) is 0 Å². The van der Waals surface area contributed by atoms with Crippen molar-refractivity contribution in [1.29, 1.82) is 0 Å². The predicted octanol–water partition coefficient (Wildman–Crippen LogP) is 3.13. The Kier molecular flexibility index (Phi) is 2.21. The van der Waals surface area contributed by atoms with E-state index < -0.39 is 0 Å². The Morgan fingerprint density at radius 3 is 2.94 bits per heavy atom. The Hall–Kier alpha value is -2.10. The van der Waals surface area contributed by atoms with Crippen LogP contribution in [0, 0.1) is 12.7 Å². The molecule has 0 unspecified atom stereocenters. The van der Waals surface area contributed by atoms with Crippen LogP contribution in [0.25, 0.3) is 10.9 Å². The Balaban J connectivity index is 2.00. The molecular formula is C13H11FN2O. The van der Waals surface area contributed by atoms with E-state index in [1.807, 2.05) is 29.8 Å². The molecular weight excluding hydrogens is 219 g/mol. The first-order valence-corrected chi connectivity index (χ1v) is 5.39. The summed E-state index contributed by atoms with van der Waals surface area (Å²) in [4.78, 5) is 0. The largest absolute Gasteiger partial charge is 0.359 e. The van der Waals surface area contributed by atoms with Crippen molar-refractivity contribution >= 4 is 10.9 Å². The molecule has 3 aromatic rings. The second-order valence-corrected chi connectivity index (χ2v) is 4.08. The molecule has 0 aliphatic carbocycles. The van der Waals surface area contributed by atoms with Crippen LogP contribution < -0.4 is 0 Å². The molecule has 0 amide bonds. The van der Waals surface area contributed by atoms with Gasteiger partial charge in [0.05, 0.1) is 12.2 Å². The molecule has 0 spiro atoms. The van der Waals surface area contributed by atoms with Crippen molar-refractivity contribution in [1.82, 2.24) is 9.72 Å². The molecule has 1 aromatic carbocycles. The summed E-state index contributed by atoms with van der Waals surface area (Å²) in [6.45, 7) is 2.49. The molecule has 0 radical (unpaired) electrons. The minimum atomic E-state index is -0.217. The normalized spacial score (nSPS) is 11.2. The van der Waals surface area contributed by atoms with Gasteiger partial charge < -0.3 is 9.09 Å². The van der Waals surface area contributed by atoms with Gasteiger partial charge in [0.15, 0.2) is 5.76 Å². The molecule has 0 atom stereocenters. The van der Waals surface area contributed by atoms with E-state index in [0.29, 0.717) is 6.54 Å². The first-order valence-electron chi connectivity index (χ1n) is 5.39. The third-order valence-electron chi connectivity index (χ3n) is 2.74. The number of rotatable bonds is 2. The molecule has 86 valence electrons. The van der Waals surface area contributed by atoms with Crippen LogP contribution in [0.1, 0.15) is 11.5 Å². The lowest BCUT2D eigenvalue weighted by Crippen LogP contribution is -1.96. The molecule has 2 heterocycles. The first kappa shape index (κ1) is 10.1. The summed E-state index contributed by atoms with van der Waals surface area (Å²) < 4.78 is 20.2. The molecule has 0 aliphatic heterocycles. The zero-order valence-electron chi connectivity index (χ0n) is 9.35. The third-order valence-corrected chi connectivity index (χ3v) is 2.74. The number of hydrogen-bond acceptors (Lipinski definition) is 2. The fourth-order valence-electron chi connectivity index (χ4n) is 1.97. The number of hydrogen-bond donors (Lipinski definition) is 0. The number of aryl methyl sites for hydroxylation is 1. The van der Waals surface area contributed by atoms with Gasteiger partial charge in [0, 0.05) is 23.2 Å². The molecule has 0 aliphatic rings.